The zero-order valence-corrected chi connectivity index (χ0v) is 20.7. The minimum Gasteiger partial charge on any atom is -0.338 e. The van der Waals surface area contributed by atoms with Crippen LogP contribution in [0.5, 0.6) is 0 Å². The number of rotatable bonds is 5. The third-order valence-electron chi connectivity index (χ3n) is 6.48. The first kappa shape index (κ1) is 23.9. The van der Waals surface area contributed by atoms with Gasteiger partial charge in [0.2, 0.25) is 15.9 Å². The predicted molar refractivity (Wildman–Crippen MR) is 130 cm³/mol. The van der Waals surface area contributed by atoms with E-state index in [1.807, 2.05) is 17.5 Å². The molecule has 1 aromatic heterocycles. The first-order valence-electron chi connectivity index (χ1n) is 11.5. The summed E-state index contributed by atoms with van der Waals surface area (Å²) in [5, 5.41) is 4.79. The summed E-state index contributed by atoms with van der Waals surface area (Å²) in [6, 6.07) is 10.1. The molecule has 2 fully saturated rings. The van der Waals surface area contributed by atoms with Gasteiger partial charge in [-0.15, -0.1) is 11.3 Å². The summed E-state index contributed by atoms with van der Waals surface area (Å²) < 4.78 is 27.6. The lowest BCUT2D eigenvalue weighted by atomic mass is 9.94. The number of piperidine rings is 2. The van der Waals surface area contributed by atoms with Gasteiger partial charge < -0.3 is 10.2 Å². The average Bonchev–Trinajstić information content (AvgIpc) is 3.33. The lowest BCUT2D eigenvalue weighted by Crippen LogP contribution is -2.42. The molecule has 7 nitrogen and oxygen atoms in total. The number of sulfonamides is 1. The van der Waals surface area contributed by atoms with Crippen LogP contribution in [0, 0.1) is 17.8 Å². The Morgan fingerprint density at radius 1 is 1.00 bits per heavy atom. The van der Waals surface area contributed by atoms with E-state index in [9.17, 15) is 18.0 Å². The first-order valence-corrected chi connectivity index (χ1v) is 13.8. The molecule has 0 spiro atoms. The second-order valence-electron chi connectivity index (χ2n) is 9.33. The summed E-state index contributed by atoms with van der Waals surface area (Å²) in [7, 11) is -3.54. The molecule has 2 aliphatic rings. The van der Waals surface area contributed by atoms with Gasteiger partial charge in [0, 0.05) is 37.8 Å². The van der Waals surface area contributed by atoms with E-state index in [2.05, 4.69) is 19.2 Å². The van der Waals surface area contributed by atoms with E-state index in [4.69, 9.17) is 0 Å². The van der Waals surface area contributed by atoms with Crippen molar-refractivity contribution in [2.45, 2.75) is 38.0 Å². The highest BCUT2D eigenvalue weighted by atomic mass is 32.2. The molecule has 2 aromatic rings. The molecule has 2 amide bonds. The van der Waals surface area contributed by atoms with E-state index in [1.54, 1.807) is 33.5 Å². The molecule has 1 aromatic carbocycles. The van der Waals surface area contributed by atoms with E-state index in [0.29, 0.717) is 56.5 Å². The predicted octanol–water partition coefficient (Wildman–Crippen LogP) is 3.91. The van der Waals surface area contributed by atoms with Gasteiger partial charge in [0.15, 0.2) is 0 Å². The van der Waals surface area contributed by atoms with E-state index >= 15 is 0 Å². The lowest BCUT2D eigenvalue weighted by molar-refractivity contribution is -0.121. The number of amides is 2. The van der Waals surface area contributed by atoms with Gasteiger partial charge in [0.1, 0.15) is 0 Å². The van der Waals surface area contributed by atoms with Crippen molar-refractivity contribution in [1.82, 2.24) is 9.21 Å². The smallest absolute Gasteiger partial charge is 0.263 e. The maximum Gasteiger partial charge on any atom is 0.263 e. The van der Waals surface area contributed by atoms with Crippen LogP contribution in [0.1, 0.15) is 42.8 Å². The van der Waals surface area contributed by atoms with Crippen LogP contribution in [0.3, 0.4) is 0 Å². The van der Waals surface area contributed by atoms with E-state index in [-0.39, 0.29) is 22.6 Å². The van der Waals surface area contributed by atoms with Crippen LogP contribution in [0.15, 0.2) is 46.7 Å². The molecule has 0 saturated carbocycles. The number of hydrogen-bond donors (Lipinski definition) is 1. The van der Waals surface area contributed by atoms with Crippen molar-refractivity contribution in [3.05, 3.63) is 46.7 Å². The van der Waals surface area contributed by atoms with Gasteiger partial charge in [-0.2, -0.15) is 4.31 Å². The maximum atomic E-state index is 13.0. The van der Waals surface area contributed by atoms with Crippen molar-refractivity contribution < 1.29 is 18.0 Å². The van der Waals surface area contributed by atoms with Gasteiger partial charge in [0.25, 0.3) is 5.91 Å². The lowest BCUT2D eigenvalue weighted by Gasteiger charge is -2.34. The van der Waals surface area contributed by atoms with Gasteiger partial charge in [-0.1, -0.05) is 19.9 Å². The minimum absolute atomic E-state index is 0.0261. The average molecular weight is 490 g/mol. The van der Waals surface area contributed by atoms with Crippen molar-refractivity contribution in [2.24, 2.45) is 17.8 Å². The number of nitrogens with zero attached hydrogens (tertiary/aromatic N) is 2. The quantitative estimate of drug-likeness (QED) is 0.690. The van der Waals surface area contributed by atoms with Crippen LogP contribution in [-0.4, -0.2) is 55.6 Å². The Labute approximate surface area is 199 Å². The Morgan fingerprint density at radius 2 is 1.64 bits per heavy atom. The summed E-state index contributed by atoms with van der Waals surface area (Å²) >= 11 is 1.43. The highest BCUT2D eigenvalue weighted by Gasteiger charge is 2.32. The minimum atomic E-state index is -3.54. The molecule has 2 saturated heterocycles. The Balaban J connectivity index is 1.33. The van der Waals surface area contributed by atoms with Gasteiger partial charge in [-0.3, -0.25) is 9.59 Å². The summed E-state index contributed by atoms with van der Waals surface area (Å²) in [6.07, 6.45) is 2.26. The zero-order chi connectivity index (χ0) is 23.6. The monoisotopic (exact) mass is 489 g/mol. The molecule has 178 valence electrons. The van der Waals surface area contributed by atoms with Crippen LogP contribution in [0.4, 0.5) is 5.69 Å². The van der Waals surface area contributed by atoms with Crippen molar-refractivity contribution in [2.75, 3.05) is 31.5 Å². The van der Waals surface area contributed by atoms with Crippen LogP contribution in [-0.2, 0) is 14.8 Å². The van der Waals surface area contributed by atoms with Crippen molar-refractivity contribution in [3.8, 4) is 0 Å². The third kappa shape index (κ3) is 5.47. The molecule has 1 N–H and O–H groups in total. The fourth-order valence-corrected chi connectivity index (χ4v) is 7.18. The van der Waals surface area contributed by atoms with E-state index in [0.717, 1.165) is 11.3 Å². The van der Waals surface area contributed by atoms with Gasteiger partial charge in [0.05, 0.1) is 9.77 Å². The van der Waals surface area contributed by atoms with Crippen LogP contribution in [0.2, 0.25) is 0 Å². The number of nitrogens with one attached hydrogen (secondary N) is 1. The van der Waals surface area contributed by atoms with Crippen LogP contribution < -0.4 is 5.32 Å². The number of thiophene rings is 1. The molecular formula is C24H31N3O4S2. The number of benzene rings is 1. The molecule has 0 bridgehead atoms. The van der Waals surface area contributed by atoms with Gasteiger partial charge in [-0.05, 0) is 66.8 Å². The van der Waals surface area contributed by atoms with Crippen molar-refractivity contribution in [1.29, 1.82) is 0 Å². The Bertz CT molecular complexity index is 1070. The molecule has 33 heavy (non-hydrogen) atoms. The topological polar surface area (TPSA) is 86.8 Å². The summed E-state index contributed by atoms with van der Waals surface area (Å²) in [5.41, 5.74) is 0.580. The third-order valence-corrected chi connectivity index (χ3v) is 9.18. The maximum absolute atomic E-state index is 13.0. The highest BCUT2D eigenvalue weighted by molar-refractivity contribution is 7.89. The molecule has 2 unspecified atom stereocenters. The van der Waals surface area contributed by atoms with Gasteiger partial charge >= 0.3 is 0 Å². The highest BCUT2D eigenvalue weighted by Crippen LogP contribution is 2.28. The summed E-state index contributed by atoms with van der Waals surface area (Å²) in [4.78, 5) is 28.0. The molecule has 0 radical (unpaired) electrons. The number of hydrogen-bond acceptors (Lipinski definition) is 5. The van der Waals surface area contributed by atoms with Crippen molar-refractivity contribution >= 4 is 38.9 Å². The number of carbonyl (C=O) groups excluding carboxylic acids is 2. The number of likely N-dealkylation sites (tertiary alicyclic amines) is 1. The number of anilines is 1. The largest absolute Gasteiger partial charge is 0.338 e. The fourth-order valence-electron chi connectivity index (χ4n) is 4.81. The Morgan fingerprint density at radius 3 is 2.21 bits per heavy atom. The van der Waals surface area contributed by atoms with Crippen LogP contribution >= 0.6 is 11.3 Å². The molecular weight excluding hydrogens is 458 g/mol. The van der Waals surface area contributed by atoms with E-state index < -0.39 is 10.0 Å². The molecule has 0 aliphatic carbocycles. The molecule has 3 heterocycles. The molecule has 4 rings (SSSR count). The molecule has 2 aliphatic heterocycles. The molecule has 2 atom stereocenters. The second-order valence-corrected chi connectivity index (χ2v) is 12.2. The normalized spacial score (nSPS) is 22.8. The van der Waals surface area contributed by atoms with Gasteiger partial charge in [-0.25, -0.2) is 8.42 Å². The summed E-state index contributed by atoms with van der Waals surface area (Å²) in [6.45, 7) is 6.35. The standard InChI is InChI=1S/C24H31N3O4S2/c1-17-14-18(2)16-27(15-17)33(30,31)21-7-5-20(6-8-21)25-23(28)19-9-11-26(12-10-19)24(29)22-4-3-13-32-22/h3-8,13,17-19H,9-12,14-16H2,1-2H3,(H,25,28). The first-order chi connectivity index (χ1) is 15.7. The molecule has 9 heteroatoms. The van der Waals surface area contributed by atoms with E-state index in [1.165, 1.54) is 11.3 Å². The summed E-state index contributed by atoms with van der Waals surface area (Å²) in [5.74, 6) is 0.450. The van der Waals surface area contributed by atoms with Crippen molar-refractivity contribution in [3.63, 3.8) is 0 Å². The fraction of sp³-hybridized carbons (Fsp3) is 0.500. The number of carbonyl (C=O) groups is 2. The van der Waals surface area contributed by atoms with Crippen LogP contribution in [0.25, 0.3) is 0 Å². The zero-order valence-electron chi connectivity index (χ0n) is 19.1. The SMILES string of the molecule is CC1CC(C)CN(S(=O)(=O)c2ccc(NC(=O)C3CCN(C(=O)c4cccs4)CC3)cc2)C1. The second kappa shape index (κ2) is 9.95. The Kier molecular flexibility index (Phi) is 7.21. The Hall–Kier alpha value is -2.23.